The zero-order valence-electron chi connectivity index (χ0n) is 13.8. The molecule has 0 fully saturated rings. The summed E-state index contributed by atoms with van der Waals surface area (Å²) in [4.78, 5) is 12.0. The van der Waals surface area contributed by atoms with Gasteiger partial charge in [0.2, 0.25) is 0 Å². The smallest absolute Gasteiger partial charge is 0.361 e. The van der Waals surface area contributed by atoms with Crippen molar-refractivity contribution in [2.24, 2.45) is 0 Å². The van der Waals surface area contributed by atoms with Gasteiger partial charge in [-0.3, -0.25) is 0 Å². The highest BCUT2D eigenvalue weighted by Crippen LogP contribution is 2.26. The second-order valence-corrected chi connectivity index (χ2v) is 5.26. The summed E-state index contributed by atoms with van der Waals surface area (Å²) in [6.45, 7) is 1.98. The standard InChI is InChI=1S/C18H15F2N3O3/c1-2-25-18(24)17-16(21-23-22-17)13-6-4-3-5-11(13)10-26-12-7-8-14(19)15(20)9-12/h3-9H,2,10H2,1H3,(H,21,22,23). The highest BCUT2D eigenvalue weighted by atomic mass is 19.2. The molecule has 3 aromatic rings. The molecule has 2 aromatic carbocycles. The van der Waals surface area contributed by atoms with Gasteiger partial charge in [-0.15, -0.1) is 5.10 Å². The van der Waals surface area contributed by atoms with E-state index in [0.717, 1.165) is 12.1 Å². The Bertz CT molecular complexity index is 928. The molecule has 0 saturated carbocycles. The number of carbonyl (C=O) groups excluding carboxylic acids is 1. The number of hydrogen-bond donors (Lipinski definition) is 1. The minimum Gasteiger partial charge on any atom is -0.489 e. The van der Waals surface area contributed by atoms with Gasteiger partial charge in [-0.1, -0.05) is 24.3 Å². The van der Waals surface area contributed by atoms with Crippen molar-refractivity contribution in [3.05, 3.63) is 65.4 Å². The fourth-order valence-corrected chi connectivity index (χ4v) is 2.37. The lowest BCUT2D eigenvalue weighted by Crippen LogP contribution is -2.07. The lowest BCUT2D eigenvalue weighted by molar-refractivity contribution is 0.0520. The third-order valence-electron chi connectivity index (χ3n) is 3.57. The van der Waals surface area contributed by atoms with Gasteiger partial charge in [-0.05, 0) is 24.6 Å². The molecule has 0 bridgehead atoms. The number of H-pyrrole nitrogens is 1. The van der Waals surface area contributed by atoms with E-state index < -0.39 is 17.6 Å². The van der Waals surface area contributed by atoms with E-state index in [2.05, 4.69) is 15.4 Å². The quantitative estimate of drug-likeness (QED) is 0.682. The fraction of sp³-hybridized carbons (Fsp3) is 0.167. The Labute approximate surface area is 147 Å². The number of aromatic amines is 1. The van der Waals surface area contributed by atoms with E-state index in [4.69, 9.17) is 9.47 Å². The minimum atomic E-state index is -0.989. The molecular weight excluding hydrogens is 344 g/mol. The molecule has 6 nitrogen and oxygen atoms in total. The molecule has 0 aliphatic carbocycles. The molecule has 0 aliphatic rings. The second-order valence-electron chi connectivity index (χ2n) is 5.26. The second kappa shape index (κ2) is 7.73. The normalized spacial score (nSPS) is 10.6. The summed E-state index contributed by atoms with van der Waals surface area (Å²) < 4.78 is 36.8. The first kappa shape index (κ1) is 17.5. The van der Waals surface area contributed by atoms with E-state index in [0.29, 0.717) is 16.8 Å². The number of rotatable bonds is 6. The van der Waals surface area contributed by atoms with Crippen molar-refractivity contribution in [3.63, 3.8) is 0 Å². The molecule has 8 heteroatoms. The van der Waals surface area contributed by atoms with E-state index >= 15 is 0 Å². The fourth-order valence-electron chi connectivity index (χ4n) is 2.37. The molecule has 0 saturated heterocycles. The van der Waals surface area contributed by atoms with Crippen LogP contribution in [0.25, 0.3) is 11.3 Å². The highest BCUT2D eigenvalue weighted by molar-refractivity contribution is 5.94. The molecule has 0 unspecified atom stereocenters. The van der Waals surface area contributed by atoms with Gasteiger partial charge in [0.1, 0.15) is 18.1 Å². The van der Waals surface area contributed by atoms with Crippen LogP contribution in [0.15, 0.2) is 42.5 Å². The number of nitrogens with one attached hydrogen (secondary N) is 1. The van der Waals surface area contributed by atoms with Gasteiger partial charge in [-0.2, -0.15) is 10.3 Å². The van der Waals surface area contributed by atoms with Gasteiger partial charge < -0.3 is 9.47 Å². The van der Waals surface area contributed by atoms with Crippen molar-refractivity contribution in [2.75, 3.05) is 6.61 Å². The van der Waals surface area contributed by atoms with Crippen LogP contribution >= 0.6 is 0 Å². The lowest BCUT2D eigenvalue weighted by atomic mass is 10.0. The number of aromatic nitrogens is 3. The summed E-state index contributed by atoms with van der Waals surface area (Å²) in [6, 6.07) is 10.4. The Balaban J connectivity index is 1.86. The molecule has 0 atom stereocenters. The average Bonchev–Trinajstić information content (AvgIpc) is 3.13. The van der Waals surface area contributed by atoms with Crippen molar-refractivity contribution in [2.45, 2.75) is 13.5 Å². The molecular formula is C18H15F2N3O3. The monoisotopic (exact) mass is 359 g/mol. The van der Waals surface area contributed by atoms with Crippen LogP contribution in [-0.2, 0) is 11.3 Å². The Hall–Kier alpha value is -3.29. The van der Waals surface area contributed by atoms with Crippen molar-refractivity contribution < 1.29 is 23.0 Å². The van der Waals surface area contributed by atoms with Crippen molar-refractivity contribution in [3.8, 4) is 17.0 Å². The molecule has 1 N–H and O–H groups in total. The van der Waals surface area contributed by atoms with Crippen LogP contribution in [0.1, 0.15) is 23.0 Å². The van der Waals surface area contributed by atoms with Gasteiger partial charge in [0.25, 0.3) is 0 Å². The van der Waals surface area contributed by atoms with Gasteiger partial charge in [-0.25, -0.2) is 13.6 Å². The average molecular weight is 359 g/mol. The largest absolute Gasteiger partial charge is 0.489 e. The number of esters is 1. The number of benzene rings is 2. The Morgan fingerprint density at radius 3 is 2.69 bits per heavy atom. The van der Waals surface area contributed by atoms with E-state index in [1.54, 1.807) is 31.2 Å². The number of halogens is 2. The number of nitrogens with zero attached hydrogens (tertiary/aromatic N) is 2. The zero-order valence-corrected chi connectivity index (χ0v) is 13.8. The molecule has 0 aliphatic heterocycles. The zero-order chi connectivity index (χ0) is 18.5. The predicted molar refractivity (Wildman–Crippen MR) is 88.5 cm³/mol. The summed E-state index contributed by atoms with van der Waals surface area (Å²) in [5.41, 5.74) is 1.70. The summed E-state index contributed by atoms with van der Waals surface area (Å²) >= 11 is 0. The van der Waals surface area contributed by atoms with Gasteiger partial charge in [0.05, 0.1) is 6.61 Å². The summed E-state index contributed by atoms with van der Waals surface area (Å²) in [7, 11) is 0. The lowest BCUT2D eigenvalue weighted by Gasteiger charge is -2.10. The Morgan fingerprint density at radius 1 is 1.12 bits per heavy atom. The summed E-state index contributed by atoms with van der Waals surface area (Å²) in [5, 5.41) is 10.3. The first-order valence-corrected chi connectivity index (χ1v) is 7.84. The topological polar surface area (TPSA) is 77.1 Å². The Kier molecular flexibility index (Phi) is 5.21. The van der Waals surface area contributed by atoms with Crippen LogP contribution in [0, 0.1) is 11.6 Å². The van der Waals surface area contributed by atoms with Gasteiger partial charge >= 0.3 is 5.97 Å². The maximum absolute atomic E-state index is 13.3. The molecule has 3 rings (SSSR count). The van der Waals surface area contributed by atoms with Crippen LogP contribution in [0.2, 0.25) is 0 Å². The van der Waals surface area contributed by atoms with Crippen LogP contribution in [-0.4, -0.2) is 28.0 Å². The number of ether oxygens (including phenoxy) is 2. The van der Waals surface area contributed by atoms with Crippen LogP contribution in [0.5, 0.6) is 5.75 Å². The maximum atomic E-state index is 13.3. The number of hydrogen-bond acceptors (Lipinski definition) is 5. The molecule has 1 aromatic heterocycles. The van der Waals surface area contributed by atoms with Crippen LogP contribution < -0.4 is 4.74 Å². The minimum absolute atomic E-state index is 0.0622. The molecule has 134 valence electrons. The van der Waals surface area contributed by atoms with E-state index in [1.807, 2.05) is 0 Å². The molecule has 0 amide bonds. The third kappa shape index (κ3) is 3.69. The van der Waals surface area contributed by atoms with E-state index in [1.165, 1.54) is 6.07 Å². The molecule has 26 heavy (non-hydrogen) atoms. The van der Waals surface area contributed by atoms with Gasteiger partial charge in [0.15, 0.2) is 17.3 Å². The first-order valence-electron chi connectivity index (χ1n) is 7.84. The van der Waals surface area contributed by atoms with E-state index in [-0.39, 0.29) is 24.7 Å². The van der Waals surface area contributed by atoms with E-state index in [9.17, 15) is 13.6 Å². The maximum Gasteiger partial charge on any atom is 0.361 e. The highest BCUT2D eigenvalue weighted by Gasteiger charge is 2.21. The summed E-state index contributed by atoms with van der Waals surface area (Å²) in [5.74, 6) is -2.34. The van der Waals surface area contributed by atoms with Crippen LogP contribution in [0.4, 0.5) is 8.78 Å². The van der Waals surface area contributed by atoms with Crippen LogP contribution in [0.3, 0.4) is 0 Å². The van der Waals surface area contributed by atoms with Gasteiger partial charge in [0, 0.05) is 11.6 Å². The molecule has 1 heterocycles. The third-order valence-corrected chi connectivity index (χ3v) is 3.57. The molecule has 0 spiro atoms. The predicted octanol–water partition coefficient (Wildman–Crippen LogP) is 3.51. The SMILES string of the molecule is CCOC(=O)c1n[nH]nc1-c1ccccc1COc1ccc(F)c(F)c1. The molecule has 0 radical (unpaired) electrons. The number of carbonyl (C=O) groups is 1. The van der Waals surface area contributed by atoms with Crippen molar-refractivity contribution >= 4 is 5.97 Å². The first-order chi connectivity index (χ1) is 12.6. The van der Waals surface area contributed by atoms with Crippen molar-refractivity contribution in [1.82, 2.24) is 15.4 Å². The summed E-state index contributed by atoms with van der Waals surface area (Å²) in [6.07, 6.45) is 0. The Morgan fingerprint density at radius 2 is 1.92 bits per heavy atom. The van der Waals surface area contributed by atoms with Crippen molar-refractivity contribution in [1.29, 1.82) is 0 Å².